The Labute approximate surface area is 143 Å². The molecule has 0 unspecified atom stereocenters. The summed E-state index contributed by atoms with van der Waals surface area (Å²) in [6.07, 6.45) is 2.84. The first-order valence-corrected chi connectivity index (χ1v) is 8.38. The fourth-order valence-electron chi connectivity index (χ4n) is 3.25. The molecule has 124 valence electrons. The summed E-state index contributed by atoms with van der Waals surface area (Å²) in [5.74, 6) is 0.917. The van der Waals surface area contributed by atoms with E-state index in [1.165, 1.54) is 0 Å². The minimum absolute atomic E-state index is 0.265. The van der Waals surface area contributed by atoms with E-state index in [2.05, 4.69) is 17.4 Å². The molecule has 1 aliphatic carbocycles. The smallest absolute Gasteiger partial charge is 0.294 e. The zero-order valence-corrected chi connectivity index (χ0v) is 14.2. The van der Waals surface area contributed by atoms with Crippen molar-refractivity contribution in [3.05, 3.63) is 45.8 Å². The van der Waals surface area contributed by atoms with E-state index in [4.69, 9.17) is 20.5 Å². The predicted octanol–water partition coefficient (Wildman–Crippen LogP) is 4.76. The molecule has 1 N–H and O–H groups in total. The average molecular weight is 345 g/mol. The Balaban J connectivity index is 1.66. The van der Waals surface area contributed by atoms with Crippen LogP contribution in [0.2, 0.25) is 5.02 Å². The van der Waals surface area contributed by atoms with Crippen LogP contribution in [-0.4, -0.2) is 11.1 Å². The van der Waals surface area contributed by atoms with Crippen molar-refractivity contribution in [1.29, 1.82) is 0 Å². The van der Waals surface area contributed by atoms with Gasteiger partial charge in [0, 0.05) is 21.5 Å². The maximum absolute atomic E-state index is 12.6. The number of nitrogens with one attached hydrogen (secondary N) is 1. The van der Waals surface area contributed by atoms with Crippen LogP contribution in [0.4, 0.5) is 5.88 Å². The first-order chi connectivity index (χ1) is 11.5. The third-order valence-electron chi connectivity index (χ3n) is 4.63. The Kier molecular flexibility index (Phi) is 3.61. The van der Waals surface area contributed by atoms with Crippen molar-refractivity contribution in [3.63, 3.8) is 0 Å². The minimum atomic E-state index is -0.336. The molecule has 6 heteroatoms. The van der Waals surface area contributed by atoms with Gasteiger partial charge >= 0.3 is 0 Å². The number of hydrogen-bond acceptors (Lipinski definition) is 4. The lowest BCUT2D eigenvalue weighted by Gasteiger charge is -2.16. The van der Waals surface area contributed by atoms with Crippen LogP contribution in [0.1, 0.15) is 40.7 Å². The number of anilines is 1. The molecule has 1 aromatic carbocycles. The molecule has 0 saturated heterocycles. The van der Waals surface area contributed by atoms with Crippen LogP contribution in [0, 0.1) is 12.8 Å². The fourth-order valence-corrected chi connectivity index (χ4v) is 3.42. The van der Waals surface area contributed by atoms with Gasteiger partial charge in [0.1, 0.15) is 5.58 Å². The molecule has 1 atom stereocenters. The van der Waals surface area contributed by atoms with Crippen molar-refractivity contribution in [1.82, 2.24) is 5.16 Å². The molecule has 1 amide bonds. The Hall–Kier alpha value is -2.27. The summed E-state index contributed by atoms with van der Waals surface area (Å²) in [5, 5.41) is 8.33. The van der Waals surface area contributed by atoms with Gasteiger partial charge in [0.05, 0.1) is 5.69 Å². The molecular formula is C18H17ClN2O3. The van der Waals surface area contributed by atoms with Gasteiger partial charge in [-0.05, 0) is 50.3 Å². The third-order valence-corrected chi connectivity index (χ3v) is 4.86. The predicted molar refractivity (Wildman–Crippen MR) is 91.6 cm³/mol. The minimum Gasteiger partial charge on any atom is -0.451 e. The van der Waals surface area contributed by atoms with Crippen LogP contribution in [0.3, 0.4) is 0 Å². The largest absolute Gasteiger partial charge is 0.451 e. The lowest BCUT2D eigenvalue weighted by Crippen LogP contribution is -2.16. The SMILES string of the molecule is Cc1c(C(=O)Nc2onc3c2C[C@H](C)CC3)oc2ccc(Cl)cc12. The van der Waals surface area contributed by atoms with E-state index in [1.54, 1.807) is 18.2 Å². The second-order valence-corrected chi connectivity index (χ2v) is 6.87. The number of amides is 1. The molecule has 0 aliphatic heterocycles. The number of halogens is 1. The summed E-state index contributed by atoms with van der Waals surface area (Å²) in [6, 6.07) is 5.30. The van der Waals surface area contributed by atoms with E-state index in [0.29, 0.717) is 22.4 Å². The second kappa shape index (κ2) is 5.67. The van der Waals surface area contributed by atoms with E-state index in [0.717, 1.165) is 41.5 Å². The summed E-state index contributed by atoms with van der Waals surface area (Å²) in [5.41, 5.74) is 3.33. The summed E-state index contributed by atoms with van der Waals surface area (Å²) in [6.45, 7) is 4.03. The molecule has 4 rings (SSSR count). The zero-order valence-electron chi connectivity index (χ0n) is 13.5. The highest BCUT2D eigenvalue weighted by molar-refractivity contribution is 6.31. The van der Waals surface area contributed by atoms with Crippen LogP contribution in [0.5, 0.6) is 0 Å². The quantitative estimate of drug-likeness (QED) is 0.727. The summed E-state index contributed by atoms with van der Waals surface area (Å²) >= 11 is 6.02. The molecule has 0 saturated carbocycles. The number of carbonyl (C=O) groups excluding carboxylic acids is 1. The molecular weight excluding hydrogens is 328 g/mol. The van der Waals surface area contributed by atoms with Crippen molar-refractivity contribution < 1.29 is 13.7 Å². The summed E-state index contributed by atoms with van der Waals surface area (Å²) in [4.78, 5) is 12.6. The number of aryl methyl sites for hydroxylation is 2. The number of hydrogen-bond donors (Lipinski definition) is 1. The van der Waals surface area contributed by atoms with Crippen molar-refractivity contribution in [2.24, 2.45) is 5.92 Å². The molecule has 1 aliphatic rings. The van der Waals surface area contributed by atoms with Gasteiger partial charge in [-0.15, -0.1) is 0 Å². The van der Waals surface area contributed by atoms with Crippen LogP contribution in [0.25, 0.3) is 11.0 Å². The number of carbonyl (C=O) groups is 1. The van der Waals surface area contributed by atoms with Gasteiger partial charge in [0.25, 0.3) is 5.91 Å². The lowest BCUT2D eigenvalue weighted by atomic mass is 9.89. The Morgan fingerprint density at radius 3 is 3.08 bits per heavy atom. The molecule has 2 heterocycles. The number of furan rings is 1. The van der Waals surface area contributed by atoms with Crippen molar-refractivity contribution in [3.8, 4) is 0 Å². The Bertz CT molecular complexity index is 941. The topological polar surface area (TPSA) is 68.3 Å². The van der Waals surface area contributed by atoms with Crippen LogP contribution < -0.4 is 5.32 Å². The third kappa shape index (κ3) is 2.49. The number of nitrogens with zero attached hydrogens (tertiary/aromatic N) is 1. The highest BCUT2D eigenvalue weighted by Crippen LogP contribution is 2.32. The molecule has 0 bridgehead atoms. The lowest BCUT2D eigenvalue weighted by molar-refractivity contribution is 0.0994. The average Bonchev–Trinajstić information content (AvgIpc) is 3.09. The normalized spacial score (nSPS) is 17.0. The van der Waals surface area contributed by atoms with Gasteiger partial charge in [-0.1, -0.05) is 23.7 Å². The van der Waals surface area contributed by atoms with E-state index in [1.807, 2.05) is 6.92 Å². The summed E-state index contributed by atoms with van der Waals surface area (Å²) in [7, 11) is 0. The summed E-state index contributed by atoms with van der Waals surface area (Å²) < 4.78 is 11.0. The fraction of sp³-hybridized carbons (Fsp3) is 0.333. The molecule has 0 radical (unpaired) electrons. The van der Waals surface area contributed by atoms with E-state index in [-0.39, 0.29) is 11.7 Å². The van der Waals surface area contributed by atoms with Crippen LogP contribution in [0.15, 0.2) is 27.1 Å². The highest BCUT2D eigenvalue weighted by atomic mass is 35.5. The first-order valence-electron chi connectivity index (χ1n) is 8.00. The monoisotopic (exact) mass is 344 g/mol. The maximum Gasteiger partial charge on any atom is 0.294 e. The van der Waals surface area contributed by atoms with Gasteiger partial charge in [0.15, 0.2) is 5.76 Å². The second-order valence-electron chi connectivity index (χ2n) is 6.44. The van der Waals surface area contributed by atoms with Gasteiger partial charge in [-0.3, -0.25) is 10.1 Å². The van der Waals surface area contributed by atoms with Crippen molar-refractivity contribution >= 4 is 34.4 Å². The molecule has 3 aromatic rings. The van der Waals surface area contributed by atoms with E-state index in [9.17, 15) is 4.79 Å². The standard InChI is InChI=1S/C18H17ClN2O3/c1-9-3-5-14-13(7-9)18(24-21-14)20-17(22)16-10(2)12-8-11(19)4-6-15(12)23-16/h4,6,8-9H,3,5,7H2,1-2H3,(H,20,22)/t9-/m1/s1. The zero-order chi connectivity index (χ0) is 16.8. The van der Waals surface area contributed by atoms with Gasteiger partial charge < -0.3 is 8.94 Å². The first kappa shape index (κ1) is 15.3. The molecule has 0 spiro atoms. The Morgan fingerprint density at radius 2 is 2.25 bits per heavy atom. The molecule has 0 fully saturated rings. The van der Waals surface area contributed by atoms with Crippen LogP contribution in [-0.2, 0) is 12.8 Å². The number of benzene rings is 1. The van der Waals surface area contributed by atoms with Crippen molar-refractivity contribution in [2.75, 3.05) is 5.32 Å². The number of aromatic nitrogens is 1. The molecule has 5 nitrogen and oxygen atoms in total. The molecule has 2 aromatic heterocycles. The number of rotatable bonds is 2. The highest BCUT2D eigenvalue weighted by Gasteiger charge is 2.26. The Morgan fingerprint density at radius 1 is 1.42 bits per heavy atom. The van der Waals surface area contributed by atoms with E-state index >= 15 is 0 Å². The van der Waals surface area contributed by atoms with Gasteiger partial charge in [-0.25, -0.2) is 0 Å². The molecule has 24 heavy (non-hydrogen) atoms. The number of fused-ring (bicyclic) bond motifs is 2. The van der Waals surface area contributed by atoms with Gasteiger partial charge in [-0.2, -0.15) is 0 Å². The van der Waals surface area contributed by atoms with E-state index < -0.39 is 0 Å². The van der Waals surface area contributed by atoms with Crippen LogP contribution >= 0.6 is 11.6 Å². The van der Waals surface area contributed by atoms with Gasteiger partial charge in [0.2, 0.25) is 5.88 Å². The van der Waals surface area contributed by atoms with Crippen molar-refractivity contribution in [2.45, 2.75) is 33.1 Å². The maximum atomic E-state index is 12.6.